The van der Waals surface area contributed by atoms with Crippen molar-refractivity contribution in [1.29, 1.82) is 0 Å². The highest BCUT2D eigenvalue weighted by Gasteiger charge is 2.40. The first-order chi connectivity index (χ1) is 11.6. The Labute approximate surface area is 142 Å². The van der Waals surface area contributed by atoms with E-state index in [1.165, 1.54) is 5.56 Å². The zero-order valence-corrected chi connectivity index (χ0v) is 14.1. The highest BCUT2D eigenvalue weighted by molar-refractivity contribution is 5.90. The second-order valence-corrected chi connectivity index (χ2v) is 6.91. The topological polar surface area (TPSA) is 58.1 Å². The lowest BCUT2D eigenvalue weighted by molar-refractivity contribution is 0.0670. The average molecular weight is 322 g/mol. The number of carbonyl (C=O) groups is 1. The van der Waals surface area contributed by atoms with Gasteiger partial charge in [0.2, 0.25) is 0 Å². The number of likely N-dealkylation sites (tertiary alicyclic amines) is 1. The minimum Gasteiger partial charge on any atom is -0.317 e. The first-order valence-electron chi connectivity index (χ1n) is 8.59. The Kier molecular flexibility index (Phi) is 3.71. The number of hydrogen-bond acceptors (Lipinski definition) is 3. The number of aromatic nitrogens is 2. The van der Waals surface area contributed by atoms with Crippen LogP contribution in [0.25, 0.3) is 0 Å². The van der Waals surface area contributed by atoms with E-state index in [2.05, 4.69) is 34.3 Å². The van der Waals surface area contributed by atoms with Crippen LogP contribution in [0.2, 0.25) is 0 Å². The van der Waals surface area contributed by atoms with Crippen molar-refractivity contribution in [3.8, 4) is 0 Å². The van der Waals surface area contributed by atoms with E-state index in [0.29, 0.717) is 11.8 Å². The molecule has 0 radical (unpaired) electrons. The van der Waals surface area contributed by atoms with Gasteiger partial charge in [-0.15, -0.1) is 0 Å². The normalized spacial score (nSPS) is 22.8. The molecule has 1 aliphatic heterocycles. The third kappa shape index (κ3) is 2.75. The number of rotatable bonds is 3. The van der Waals surface area contributed by atoms with Crippen LogP contribution in [-0.2, 0) is 0 Å². The number of urea groups is 1. The molecule has 4 rings (SSSR count). The molecule has 1 aromatic carbocycles. The van der Waals surface area contributed by atoms with E-state index in [9.17, 15) is 4.79 Å². The summed E-state index contributed by atoms with van der Waals surface area (Å²) >= 11 is 0. The summed E-state index contributed by atoms with van der Waals surface area (Å²) in [5.74, 6) is 1.70. The van der Waals surface area contributed by atoms with Crippen LogP contribution in [0.4, 0.5) is 10.5 Å². The van der Waals surface area contributed by atoms with Gasteiger partial charge >= 0.3 is 6.03 Å². The van der Waals surface area contributed by atoms with Gasteiger partial charge in [0.25, 0.3) is 0 Å². The van der Waals surface area contributed by atoms with Crippen LogP contribution < -0.4 is 5.32 Å². The van der Waals surface area contributed by atoms with E-state index in [4.69, 9.17) is 0 Å². The van der Waals surface area contributed by atoms with Crippen LogP contribution in [0, 0.1) is 12.8 Å². The quantitative estimate of drug-likeness (QED) is 0.932. The van der Waals surface area contributed by atoms with Gasteiger partial charge in [-0.1, -0.05) is 37.3 Å². The van der Waals surface area contributed by atoms with Gasteiger partial charge in [0.15, 0.2) is 0 Å². The number of nitrogens with zero attached hydrogens (tertiary/aromatic N) is 3. The SMILES string of the molecule is Cc1ncc(NC(=O)N2C[C@H](C)[C@H]2c2ccccc2)c(C2CC2)n1. The lowest BCUT2D eigenvalue weighted by Gasteiger charge is -2.46. The Morgan fingerprint density at radius 1 is 1.25 bits per heavy atom. The van der Waals surface area contributed by atoms with Crippen LogP contribution in [0.3, 0.4) is 0 Å². The summed E-state index contributed by atoms with van der Waals surface area (Å²) in [5.41, 5.74) is 2.94. The molecule has 2 heterocycles. The Hall–Kier alpha value is -2.43. The zero-order valence-electron chi connectivity index (χ0n) is 14.1. The van der Waals surface area contributed by atoms with Crippen molar-refractivity contribution in [1.82, 2.24) is 14.9 Å². The van der Waals surface area contributed by atoms with Crippen molar-refractivity contribution in [3.05, 3.63) is 53.6 Å². The molecule has 2 fully saturated rings. The molecule has 2 aromatic rings. The van der Waals surface area contributed by atoms with Gasteiger partial charge in [-0.25, -0.2) is 14.8 Å². The second-order valence-electron chi connectivity index (χ2n) is 6.91. The molecule has 1 aromatic heterocycles. The van der Waals surface area contributed by atoms with Gasteiger partial charge in [0, 0.05) is 12.5 Å². The molecule has 1 N–H and O–H groups in total. The van der Waals surface area contributed by atoms with Crippen molar-refractivity contribution >= 4 is 11.7 Å². The van der Waals surface area contributed by atoms with E-state index >= 15 is 0 Å². The van der Waals surface area contributed by atoms with Crippen molar-refractivity contribution in [2.45, 2.75) is 38.6 Å². The highest BCUT2D eigenvalue weighted by Crippen LogP contribution is 2.43. The van der Waals surface area contributed by atoms with E-state index in [1.54, 1.807) is 6.20 Å². The van der Waals surface area contributed by atoms with Gasteiger partial charge in [0.1, 0.15) is 5.82 Å². The second kappa shape index (κ2) is 5.89. The fraction of sp³-hybridized carbons (Fsp3) is 0.421. The first-order valence-corrected chi connectivity index (χ1v) is 8.59. The summed E-state index contributed by atoms with van der Waals surface area (Å²) in [5, 5.41) is 3.04. The fourth-order valence-corrected chi connectivity index (χ4v) is 3.50. The molecule has 2 aliphatic rings. The van der Waals surface area contributed by atoms with E-state index < -0.39 is 0 Å². The van der Waals surface area contributed by atoms with Crippen LogP contribution in [0.15, 0.2) is 36.5 Å². The van der Waals surface area contributed by atoms with Crippen molar-refractivity contribution in [3.63, 3.8) is 0 Å². The van der Waals surface area contributed by atoms with E-state index in [1.807, 2.05) is 30.0 Å². The summed E-state index contributed by atoms with van der Waals surface area (Å²) in [4.78, 5) is 23.5. The maximum atomic E-state index is 12.8. The third-order valence-electron chi connectivity index (χ3n) is 4.91. The lowest BCUT2D eigenvalue weighted by Crippen LogP contribution is -2.53. The smallest absolute Gasteiger partial charge is 0.317 e. The Bertz CT molecular complexity index is 757. The van der Waals surface area contributed by atoms with E-state index in [0.717, 1.165) is 36.6 Å². The Morgan fingerprint density at radius 2 is 2.00 bits per heavy atom. The molecular formula is C19H22N4O. The molecule has 0 bridgehead atoms. The van der Waals surface area contributed by atoms with Crippen LogP contribution >= 0.6 is 0 Å². The molecule has 5 heteroatoms. The number of nitrogens with one attached hydrogen (secondary N) is 1. The summed E-state index contributed by atoms with van der Waals surface area (Å²) in [6.45, 7) is 4.85. The molecule has 24 heavy (non-hydrogen) atoms. The number of benzene rings is 1. The van der Waals surface area contributed by atoms with Crippen LogP contribution in [-0.4, -0.2) is 27.4 Å². The molecule has 5 nitrogen and oxygen atoms in total. The molecule has 2 atom stereocenters. The molecule has 2 amide bonds. The Morgan fingerprint density at radius 3 is 2.67 bits per heavy atom. The number of hydrogen-bond donors (Lipinski definition) is 1. The van der Waals surface area contributed by atoms with Crippen molar-refractivity contribution in [2.75, 3.05) is 11.9 Å². The third-order valence-corrected chi connectivity index (χ3v) is 4.91. The molecular weight excluding hydrogens is 300 g/mol. The number of aryl methyl sites for hydroxylation is 1. The number of amides is 2. The van der Waals surface area contributed by atoms with Crippen LogP contribution in [0.1, 0.15) is 48.8 Å². The highest BCUT2D eigenvalue weighted by atomic mass is 16.2. The van der Waals surface area contributed by atoms with Gasteiger partial charge in [-0.05, 0) is 31.2 Å². The predicted octanol–water partition coefficient (Wildman–Crippen LogP) is 3.89. The van der Waals surface area contributed by atoms with Crippen LogP contribution in [0.5, 0.6) is 0 Å². The minimum atomic E-state index is -0.0590. The fourth-order valence-electron chi connectivity index (χ4n) is 3.50. The maximum absolute atomic E-state index is 12.8. The lowest BCUT2D eigenvalue weighted by atomic mass is 9.85. The molecule has 1 saturated heterocycles. The Balaban J connectivity index is 1.53. The van der Waals surface area contributed by atoms with Gasteiger partial charge < -0.3 is 10.2 Å². The summed E-state index contributed by atoms with van der Waals surface area (Å²) < 4.78 is 0. The van der Waals surface area contributed by atoms with Crippen molar-refractivity contribution in [2.24, 2.45) is 5.92 Å². The molecule has 1 aliphatic carbocycles. The monoisotopic (exact) mass is 322 g/mol. The summed E-state index contributed by atoms with van der Waals surface area (Å²) in [6.07, 6.45) is 4.04. The minimum absolute atomic E-state index is 0.0590. The molecule has 1 saturated carbocycles. The summed E-state index contributed by atoms with van der Waals surface area (Å²) in [6, 6.07) is 10.3. The van der Waals surface area contributed by atoms with Gasteiger partial charge in [-0.2, -0.15) is 0 Å². The molecule has 0 unspecified atom stereocenters. The first kappa shape index (κ1) is 15.1. The summed E-state index contributed by atoms with van der Waals surface area (Å²) in [7, 11) is 0. The zero-order chi connectivity index (χ0) is 16.7. The average Bonchev–Trinajstić information content (AvgIpc) is 3.40. The maximum Gasteiger partial charge on any atom is 0.322 e. The predicted molar refractivity (Wildman–Crippen MR) is 92.8 cm³/mol. The molecule has 124 valence electrons. The van der Waals surface area contributed by atoms with Crippen molar-refractivity contribution < 1.29 is 4.79 Å². The number of carbonyl (C=O) groups excluding carboxylic acids is 1. The largest absolute Gasteiger partial charge is 0.322 e. The molecule has 0 spiro atoms. The van der Waals surface area contributed by atoms with Gasteiger partial charge in [0.05, 0.1) is 23.6 Å². The number of anilines is 1. The van der Waals surface area contributed by atoms with E-state index in [-0.39, 0.29) is 12.1 Å². The standard InChI is InChI=1S/C19H22N4O/c1-12-11-23(18(12)15-6-4-3-5-7-15)19(24)22-16-10-20-13(2)21-17(16)14-8-9-14/h3-7,10,12,14,18H,8-9,11H2,1-2H3,(H,22,24)/t12-,18-/m0/s1. The van der Waals surface area contributed by atoms with Gasteiger partial charge in [-0.3, -0.25) is 0 Å².